The molecular weight excluding hydrogens is 297 g/mol. The highest BCUT2D eigenvalue weighted by Crippen LogP contribution is 2.27. The van der Waals surface area contributed by atoms with Crippen LogP contribution in [0, 0.1) is 11.2 Å². The van der Waals surface area contributed by atoms with Gasteiger partial charge in [-0.15, -0.1) is 0 Å². The molecule has 1 aromatic heterocycles. The maximum atomic E-state index is 13.4. The summed E-state index contributed by atoms with van der Waals surface area (Å²) in [6.45, 7) is 7.32. The molecule has 2 N–H and O–H groups in total. The lowest BCUT2D eigenvalue weighted by molar-refractivity contribution is 0.354. The number of nitrogen functional groups attached to an aromatic ring is 1. The molecule has 0 radical (unpaired) electrons. The Morgan fingerprint density at radius 3 is 2.67 bits per heavy atom. The molecule has 0 fully saturated rings. The number of rotatable bonds is 2. The van der Waals surface area contributed by atoms with Crippen LogP contribution in [0.5, 0.6) is 0 Å². The van der Waals surface area contributed by atoms with Gasteiger partial charge in [-0.1, -0.05) is 20.8 Å². The molecule has 2 rings (SSSR count). The smallest absolute Gasteiger partial charge is 0.201 e. The molecule has 1 aromatic carbocycles. The summed E-state index contributed by atoms with van der Waals surface area (Å²) in [6, 6.07) is 3.14. The zero-order chi connectivity index (χ0) is 13.5. The lowest BCUT2D eigenvalue weighted by Gasteiger charge is -2.18. The molecule has 1 heterocycles. The van der Waals surface area contributed by atoms with E-state index in [-0.39, 0.29) is 11.2 Å². The number of hydrogen-bond acceptors (Lipinski definition) is 2. The average molecular weight is 314 g/mol. The van der Waals surface area contributed by atoms with E-state index >= 15 is 0 Å². The van der Waals surface area contributed by atoms with Gasteiger partial charge < -0.3 is 10.3 Å². The SMILES string of the molecule is CC(C)(C)CCn1c(N)nc2cc(F)c(Br)cc21. The second-order valence-corrected chi connectivity index (χ2v) is 6.54. The highest BCUT2D eigenvalue weighted by molar-refractivity contribution is 9.10. The summed E-state index contributed by atoms with van der Waals surface area (Å²) in [5, 5.41) is 0. The molecule has 0 aliphatic carbocycles. The van der Waals surface area contributed by atoms with E-state index in [2.05, 4.69) is 41.7 Å². The van der Waals surface area contributed by atoms with Crippen molar-refractivity contribution >= 4 is 32.9 Å². The van der Waals surface area contributed by atoms with Crippen molar-refractivity contribution in [2.24, 2.45) is 5.41 Å². The van der Waals surface area contributed by atoms with Crippen molar-refractivity contribution in [3.8, 4) is 0 Å². The molecule has 3 nitrogen and oxygen atoms in total. The minimum atomic E-state index is -0.317. The number of imidazole rings is 1. The molecule has 0 amide bonds. The molecule has 0 aliphatic rings. The van der Waals surface area contributed by atoms with Crippen LogP contribution in [0.2, 0.25) is 0 Å². The summed E-state index contributed by atoms with van der Waals surface area (Å²) < 4.78 is 15.8. The van der Waals surface area contributed by atoms with Crippen molar-refractivity contribution in [3.63, 3.8) is 0 Å². The average Bonchev–Trinajstić information content (AvgIpc) is 2.51. The normalized spacial score (nSPS) is 12.3. The standard InChI is InChI=1S/C13H17BrFN3/c1-13(2,3)4-5-18-11-6-8(14)9(15)7-10(11)17-12(18)16/h6-7H,4-5H2,1-3H3,(H2,16,17). The number of nitrogens with two attached hydrogens (primary N) is 1. The van der Waals surface area contributed by atoms with E-state index in [0.29, 0.717) is 15.9 Å². The van der Waals surface area contributed by atoms with Gasteiger partial charge in [-0.05, 0) is 33.8 Å². The largest absolute Gasteiger partial charge is 0.369 e. The number of hydrogen-bond donors (Lipinski definition) is 1. The molecule has 0 saturated carbocycles. The van der Waals surface area contributed by atoms with Gasteiger partial charge in [-0.3, -0.25) is 0 Å². The first kappa shape index (κ1) is 13.3. The summed E-state index contributed by atoms with van der Waals surface area (Å²) >= 11 is 3.19. The molecule has 0 saturated heterocycles. The van der Waals surface area contributed by atoms with Crippen molar-refractivity contribution < 1.29 is 4.39 Å². The third kappa shape index (κ3) is 2.66. The molecule has 0 aliphatic heterocycles. The van der Waals surface area contributed by atoms with Crippen molar-refractivity contribution in [2.75, 3.05) is 5.73 Å². The first-order valence-corrected chi connectivity index (χ1v) is 6.68. The molecule has 0 spiro atoms. The molecule has 2 aromatic rings. The Bertz CT molecular complexity index is 584. The van der Waals surface area contributed by atoms with Gasteiger partial charge in [0.15, 0.2) is 0 Å². The first-order valence-electron chi connectivity index (χ1n) is 5.89. The summed E-state index contributed by atoms with van der Waals surface area (Å²) in [7, 11) is 0. The Labute approximate surface area is 114 Å². The van der Waals surface area contributed by atoms with Gasteiger partial charge in [0.05, 0.1) is 15.5 Å². The highest BCUT2D eigenvalue weighted by atomic mass is 79.9. The van der Waals surface area contributed by atoms with Gasteiger partial charge in [0.1, 0.15) is 5.82 Å². The summed E-state index contributed by atoms with van der Waals surface area (Å²) in [4.78, 5) is 4.20. The quantitative estimate of drug-likeness (QED) is 0.912. The summed E-state index contributed by atoms with van der Waals surface area (Å²) in [5.41, 5.74) is 7.58. The lowest BCUT2D eigenvalue weighted by atomic mass is 9.92. The minimum Gasteiger partial charge on any atom is -0.369 e. The number of aryl methyl sites for hydroxylation is 1. The lowest BCUT2D eigenvalue weighted by Crippen LogP contribution is -2.12. The Balaban J connectivity index is 2.44. The van der Waals surface area contributed by atoms with Crippen molar-refractivity contribution in [1.82, 2.24) is 9.55 Å². The van der Waals surface area contributed by atoms with Crippen LogP contribution in [0.3, 0.4) is 0 Å². The van der Waals surface area contributed by atoms with E-state index < -0.39 is 0 Å². The first-order chi connectivity index (χ1) is 8.28. The number of benzene rings is 1. The van der Waals surface area contributed by atoms with E-state index in [0.717, 1.165) is 18.5 Å². The van der Waals surface area contributed by atoms with Gasteiger partial charge in [0.2, 0.25) is 5.95 Å². The van der Waals surface area contributed by atoms with Crippen LogP contribution in [0.15, 0.2) is 16.6 Å². The van der Waals surface area contributed by atoms with Crippen molar-refractivity contribution in [1.29, 1.82) is 0 Å². The zero-order valence-corrected chi connectivity index (χ0v) is 12.4. The number of nitrogens with zero attached hydrogens (tertiary/aromatic N) is 2. The maximum absolute atomic E-state index is 13.4. The van der Waals surface area contributed by atoms with E-state index in [4.69, 9.17) is 5.73 Å². The monoisotopic (exact) mass is 313 g/mol. The summed E-state index contributed by atoms with van der Waals surface area (Å²) in [5.74, 6) is 0.120. The second kappa shape index (κ2) is 4.53. The third-order valence-corrected chi connectivity index (χ3v) is 3.51. The van der Waals surface area contributed by atoms with Crippen LogP contribution in [-0.4, -0.2) is 9.55 Å². The van der Waals surface area contributed by atoms with Crippen LogP contribution in [0.1, 0.15) is 27.2 Å². The van der Waals surface area contributed by atoms with Crippen LogP contribution in [-0.2, 0) is 6.54 Å². The Morgan fingerprint density at radius 2 is 2.06 bits per heavy atom. The van der Waals surface area contributed by atoms with Gasteiger partial charge in [0, 0.05) is 12.6 Å². The fourth-order valence-corrected chi connectivity index (χ4v) is 2.15. The molecule has 18 heavy (non-hydrogen) atoms. The fourth-order valence-electron chi connectivity index (χ4n) is 1.82. The van der Waals surface area contributed by atoms with Crippen molar-refractivity contribution in [3.05, 3.63) is 22.4 Å². The predicted octanol–water partition coefficient (Wildman–Crippen LogP) is 3.96. The van der Waals surface area contributed by atoms with Crippen LogP contribution >= 0.6 is 15.9 Å². The maximum Gasteiger partial charge on any atom is 0.201 e. The highest BCUT2D eigenvalue weighted by Gasteiger charge is 2.15. The second-order valence-electron chi connectivity index (χ2n) is 5.69. The number of aromatic nitrogens is 2. The number of anilines is 1. The van der Waals surface area contributed by atoms with Crippen LogP contribution < -0.4 is 5.73 Å². The van der Waals surface area contributed by atoms with E-state index in [1.807, 2.05) is 4.57 Å². The molecular formula is C13H17BrFN3. The molecule has 5 heteroatoms. The third-order valence-electron chi connectivity index (χ3n) is 2.91. The van der Waals surface area contributed by atoms with Gasteiger partial charge in [-0.2, -0.15) is 0 Å². The number of fused-ring (bicyclic) bond motifs is 1. The van der Waals surface area contributed by atoms with Crippen LogP contribution in [0.4, 0.5) is 10.3 Å². The predicted molar refractivity (Wildman–Crippen MR) is 75.9 cm³/mol. The van der Waals surface area contributed by atoms with Gasteiger partial charge in [0.25, 0.3) is 0 Å². The van der Waals surface area contributed by atoms with Gasteiger partial charge >= 0.3 is 0 Å². The van der Waals surface area contributed by atoms with E-state index in [1.165, 1.54) is 6.07 Å². The Hall–Kier alpha value is -1.10. The van der Waals surface area contributed by atoms with Crippen LogP contribution in [0.25, 0.3) is 11.0 Å². The van der Waals surface area contributed by atoms with E-state index in [9.17, 15) is 4.39 Å². The van der Waals surface area contributed by atoms with Crippen molar-refractivity contribution in [2.45, 2.75) is 33.7 Å². The summed E-state index contributed by atoms with van der Waals surface area (Å²) in [6.07, 6.45) is 0.984. The fraction of sp³-hybridized carbons (Fsp3) is 0.462. The topological polar surface area (TPSA) is 43.8 Å². The molecule has 0 unspecified atom stereocenters. The Morgan fingerprint density at radius 1 is 1.39 bits per heavy atom. The van der Waals surface area contributed by atoms with Gasteiger partial charge in [-0.25, -0.2) is 9.37 Å². The number of halogens is 2. The molecule has 98 valence electrons. The minimum absolute atomic E-state index is 0.223. The van der Waals surface area contributed by atoms with E-state index in [1.54, 1.807) is 6.07 Å². The zero-order valence-electron chi connectivity index (χ0n) is 10.8. The Kier molecular flexibility index (Phi) is 3.36. The molecule has 0 bridgehead atoms. The molecule has 0 atom stereocenters.